The van der Waals surface area contributed by atoms with E-state index in [2.05, 4.69) is 0 Å². The maximum absolute atomic E-state index is 11.8. The second kappa shape index (κ2) is 6.61. The highest BCUT2D eigenvalue weighted by molar-refractivity contribution is 5.78. The van der Waals surface area contributed by atoms with E-state index < -0.39 is 17.4 Å². The van der Waals surface area contributed by atoms with Gasteiger partial charge in [-0.25, -0.2) is 0 Å². The van der Waals surface area contributed by atoms with Crippen molar-refractivity contribution in [1.82, 2.24) is 0 Å². The molecule has 0 radical (unpaired) electrons. The lowest BCUT2D eigenvalue weighted by Crippen LogP contribution is -2.25. The lowest BCUT2D eigenvalue weighted by atomic mass is 9.97. The summed E-state index contributed by atoms with van der Waals surface area (Å²) in [7, 11) is 0. The summed E-state index contributed by atoms with van der Waals surface area (Å²) in [5.41, 5.74) is -0.647. The number of phenols is 1. The third kappa shape index (κ3) is 4.77. The lowest BCUT2D eigenvalue weighted by Gasteiger charge is -2.17. The summed E-state index contributed by atoms with van der Waals surface area (Å²) in [4.78, 5) is 23.6. The largest absolute Gasteiger partial charge is 0.504 e. The van der Waals surface area contributed by atoms with Crippen LogP contribution in [0.5, 0.6) is 17.2 Å². The minimum atomic E-state index is -0.647. The average molecular weight is 294 g/mol. The zero-order chi connectivity index (χ0) is 16.2. The van der Waals surface area contributed by atoms with E-state index in [0.717, 1.165) is 0 Å². The molecule has 1 N–H and O–H groups in total. The predicted molar refractivity (Wildman–Crippen MR) is 78.3 cm³/mol. The Bertz CT molecular complexity index is 528. The molecule has 5 heteroatoms. The molecule has 0 fully saturated rings. The van der Waals surface area contributed by atoms with E-state index in [1.54, 1.807) is 27.7 Å². The van der Waals surface area contributed by atoms with Crippen LogP contribution in [-0.4, -0.2) is 17.0 Å². The van der Waals surface area contributed by atoms with Crippen molar-refractivity contribution in [3.63, 3.8) is 0 Å². The van der Waals surface area contributed by atoms with Crippen molar-refractivity contribution in [3.05, 3.63) is 18.2 Å². The Kier molecular flexibility index (Phi) is 5.35. The number of benzene rings is 1. The van der Waals surface area contributed by atoms with Crippen LogP contribution < -0.4 is 9.47 Å². The van der Waals surface area contributed by atoms with Gasteiger partial charge in [0.1, 0.15) is 5.75 Å². The zero-order valence-corrected chi connectivity index (χ0v) is 13.1. The molecule has 21 heavy (non-hydrogen) atoms. The number of carbonyl (C=O) groups is 2. The molecule has 0 aliphatic heterocycles. The summed E-state index contributed by atoms with van der Waals surface area (Å²) >= 11 is 0. The topological polar surface area (TPSA) is 72.8 Å². The van der Waals surface area contributed by atoms with Crippen LogP contribution in [0.3, 0.4) is 0 Å². The van der Waals surface area contributed by atoms with Crippen molar-refractivity contribution < 1.29 is 24.2 Å². The summed E-state index contributed by atoms with van der Waals surface area (Å²) in [6.45, 7) is 8.81. The van der Waals surface area contributed by atoms with Gasteiger partial charge >= 0.3 is 11.9 Å². The molecule has 1 aromatic rings. The van der Waals surface area contributed by atoms with Gasteiger partial charge < -0.3 is 14.6 Å². The Hall–Kier alpha value is -2.04. The summed E-state index contributed by atoms with van der Waals surface area (Å²) in [6.07, 6.45) is 0.637. The molecule has 0 spiro atoms. The standard InChI is InChI=1S/C16H22O5/c1-6-10(2)14(18)21-13-9-11(7-8-12(13)17)20-15(19)16(3,4)5/h7-10,17H,6H2,1-5H3. The number of hydrogen-bond acceptors (Lipinski definition) is 5. The Morgan fingerprint density at radius 2 is 1.86 bits per heavy atom. The summed E-state index contributed by atoms with van der Waals surface area (Å²) in [6, 6.07) is 4.10. The first-order valence-electron chi connectivity index (χ1n) is 6.92. The first-order valence-corrected chi connectivity index (χ1v) is 6.92. The molecule has 0 amide bonds. The lowest BCUT2D eigenvalue weighted by molar-refractivity contribution is -0.143. The number of phenolic OH excluding ortho intramolecular Hbond substituents is 1. The van der Waals surface area contributed by atoms with E-state index in [1.807, 2.05) is 6.92 Å². The van der Waals surface area contributed by atoms with Crippen molar-refractivity contribution in [1.29, 1.82) is 0 Å². The van der Waals surface area contributed by atoms with Gasteiger partial charge in [0.05, 0.1) is 11.3 Å². The molecule has 1 rings (SSSR count). The zero-order valence-electron chi connectivity index (χ0n) is 13.1. The highest BCUT2D eigenvalue weighted by atomic mass is 16.6. The SMILES string of the molecule is CCC(C)C(=O)Oc1cc(OC(=O)C(C)(C)C)ccc1O. The van der Waals surface area contributed by atoms with Gasteiger partial charge in [0, 0.05) is 6.07 Å². The Labute approximate surface area is 124 Å². The number of hydrogen-bond donors (Lipinski definition) is 1. The van der Waals surface area contributed by atoms with Gasteiger partial charge in [-0.1, -0.05) is 13.8 Å². The minimum absolute atomic E-state index is 0.0143. The molecule has 5 nitrogen and oxygen atoms in total. The van der Waals surface area contributed by atoms with Crippen LogP contribution in [0.15, 0.2) is 18.2 Å². The highest BCUT2D eigenvalue weighted by Gasteiger charge is 2.24. The number of esters is 2. The molecule has 1 unspecified atom stereocenters. The number of rotatable bonds is 4. The van der Waals surface area contributed by atoms with E-state index in [4.69, 9.17) is 9.47 Å². The Morgan fingerprint density at radius 1 is 1.24 bits per heavy atom. The molecule has 0 aliphatic rings. The average Bonchev–Trinajstić information content (AvgIpc) is 2.40. The van der Waals surface area contributed by atoms with Crippen LogP contribution in [0.25, 0.3) is 0 Å². The van der Waals surface area contributed by atoms with Gasteiger partial charge in [-0.2, -0.15) is 0 Å². The fraction of sp³-hybridized carbons (Fsp3) is 0.500. The van der Waals surface area contributed by atoms with Crippen LogP contribution in [0.4, 0.5) is 0 Å². The molecule has 1 aromatic carbocycles. The van der Waals surface area contributed by atoms with Crippen molar-refractivity contribution in [2.75, 3.05) is 0 Å². The second-order valence-electron chi connectivity index (χ2n) is 6.00. The summed E-state index contributed by atoms with van der Waals surface area (Å²) < 4.78 is 10.3. The third-order valence-corrected chi connectivity index (χ3v) is 2.98. The van der Waals surface area contributed by atoms with Crippen LogP contribution in [-0.2, 0) is 9.59 Å². The predicted octanol–water partition coefficient (Wildman–Crippen LogP) is 3.30. The maximum atomic E-state index is 11.8. The van der Waals surface area contributed by atoms with E-state index in [1.165, 1.54) is 18.2 Å². The van der Waals surface area contributed by atoms with E-state index in [-0.39, 0.29) is 23.2 Å². The van der Waals surface area contributed by atoms with Gasteiger partial charge in [-0.05, 0) is 39.3 Å². The Balaban J connectivity index is 2.90. The maximum Gasteiger partial charge on any atom is 0.316 e. The molecule has 0 heterocycles. The molecule has 0 aliphatic carbocycles. The monoisotopic (exact) mass is 294 g/mol. The van der Waals surface area contributed by atoms with Gasteiger partial charge in [0.15, 0.2) is 11.5 Å². The molecule has 0 saturated carbocycles. The molecule has 0 saturated heterocycles. The summed E-state index contributed by atoms with van der Waals surface area (Å²) in [5.74, 6) is -1.09. The first-order chi connectivity index (χ1) is 9.65. The molecule has 1 atom stereocenters. The fourth-order valence-corrected chi connectivity index (χ4v) is 1.28. The first kappa shape index (κ1) is 17.0. The fourth-order valence-electron chi connectivity index (χ4n) is 1.28. The molecule has 116 valence electrons. The van der Waals surface area contributed by atoms with Crippen LogP contribution in [0.1, 0.15) is 41.0 Å². The van der Waals surface area contributed by atoms with E-state index in [9.17, 15) is 14.7 Å². The number of aromatic hydroxyl groups is 1. The van der Waals surface area contributed by atoms with Crippen LogP contribution >= 0.6 is 0 Å². The van der Waals surface area contributed by atoms with Gasteiger partial charge in [0.2, 0.25) is 0 Å². The smallest absolute Gasteiger partial charge is 0.316 e. The van der Waals surface area contributed by atoms with Gasteiger partial charge in [-0.15, -0.1) is 0 Å². The normalized spacial score (nSPS) is 12.6. The number of ether oxygens (including phenoxy) is 2. The van der Waals surface area contributed by atoms with E-state index in [0.29, 0.717) is 6.42 Å². The van der Waals surface area contributed by atoms with Gasteiger partial charge in [0.25, 0.3) is 0 Å². The van der Waals surface area contributed by atoms with Crippen molar-refractivity contribution in [3.8, 4) is 17.2 Å². The van der Waals surface area contributed by atoms with Crippen molar-refractivity contribution in [2.45, 2.75) is 41.0 Å². The molecule has 0 aromatic heterocycles. The Morgan fingerprint density at radius 3 is 2.38 bits per heavy atom. The number of carbonyl (C=O) groups excluding carboxylic acids is 2. The highest BCUT2D eigenvalue weighted by Crippen LogP contribution is 2.32. The van der Waals surface area contributed by atoms with Crippen molar-refractivity contribution >= 4 is 11.9 Å². The van der Waals surface area contributed by atoms with Crippen LogP contribution in [0, 0.1) is 11.3 Å². The molecular formula is C16H22O5. The molecular weight excluding hydrogens is 272 g/mol. The van der Waals surface area contributed by atoms with Crippen molar-refractivity contribution in [2.24, 2.45) is 11.3 Å². The van der Waals surface area contributed by atoms with E-state index >= 15 is 0 Å². The molecule has 0 bridgehead atoms. The quantitative estimate of drug-likeness (QED) is 0.681. The van der Waals surface area contributed by atoms with Crippen LogP contribution in [0.2, 0.25) is 0 Å². The third-order valence-electron chi connectivity index (χ3n) is 2.98. The minimum Gasteiger partial charge on any atom is -0.504 e. The summed E-state index contributed by atoms with van der Waals surface area (Å²) in [5, 5.41) is 9.71. The van der Waals surface area contributed by atoms with Gasteiger partial charge in [-0.3, -0.25) is 9.59 Å². The second-order valence-corrected chi connectivity index (χ2v) is 6.00.